The van der Waals surface area contributed by atoms with Crippen LogP contribution in [0, 0.1) is 11.3 Å². The molecule has 1 atom stereocenters. The van der Waals surface area contributed by atoms with Crippen LogP contribution < -0.4 is 5.32 Å². The Bertz CT molecular complexity index is 224. The van der Waals surface area contributed by atoms with E-state index in [1.165, 1.54) is 25.7 Å². The molecule has 0 aromatic rings. The minimum atomic E-state index is -0.346. The summed E-state index contributed by atoms with van der Waals surface area (Å²) >= 11 is 0. The maximum Gasteiger partial charge on any atom is 0.0897 e. The molecular formula is C14H27NO2. The molecule has 0 spiro atoms. The lowest BCUT2D eigenvalue weighted by Gasteiger charge is -2.17. The first-order chi connectivity index (χ1) is 8.27. The van der Waals surface area contributed by atoms with E-state index in [1.807, 2.05) is 0 Å². The molecule has 3 nitrogen and oxygen atoms in total. The Labute approximate surface area is 105 Å². The third-order valence-corrected chi connectivity index (χ3v) is 4.15. The van der Waals surface area contributed by atoms with Gasteiger partial charge in [-0.3, -0.25) is 0 Å². The summed E-state index contributed by atoms with van der Waals surface area (Å²) in [5, 5.41) is 13.2. The van der Waals surface area contributed by atoms with Crippen molar-refractivity contribution in [2.24, 2.45) is 11.3 Å². The monoisotopic (exact) mass is 241 g/mol. The van der Waals surface area contributed by atoms with Gasteiger partial charge in [-0.05, 0) is 43.4 Å². The largest absolute Gasteiger partial charge is 0.389 e. The molecule has 0 aromatic carbocycles. The third kappa shape index (κ3) is 4.23. The zero-order valence-electron chi connectivity index (χ0n) is 11.1. The van der Waals surface area contributed by atoms with Crippen LogP contribution in [0.1, 0.15) is 45.4 Å². The zero-order valence-corrected chi connectivity index (χ0v) is 11.1. The normalized spacial score (nSPS) is 23.6. The van der Waals surface area contributed by atoms with Crippen LogP contribution in [0.5, 0.6) is 0 Å². The van der Waals surface area contributed by atoms with Crippen LogP contribution >= 0.6 is 0 Å². The molecule has 3 heteroatoms. The number of unbranched alkanes of at least 4 members (excludes halogenated alkanes) is 1. The summed E-state index contributed by atoms with van der Waals surface area (Å²) in [4.78, 5) is 0. The second kappa shape index (κ2) is 6.17. The molecule has 2 aliphatic carbocycles. The molecule has 2 fully saturated rings. The molecule has 2 aliphatic rings. The van der Waals surface area contributed by atoms with Crippen molar-refractivity contribution < 1.29 is 9.84 Å². The topological polar surface area (TPSA) is 41.5 Å². The average molecular weight is 241 g/mol. The van der Waals surface area contributed by atoms with Gasteiger partial charge in [0, 0.05) is 19.7 Å². The van der Waals surface area contributed by atoms with Crippen molar-refractivity contribution in [3.05, 3.63) is 0 Å². The molecular weight excluding hydrogens is 214 g/mol. The van der Waals surface area contributed by atoms with Gasteiger partial charge < -0.3 is 15.2 Å². The number of nitrogens with one attached hydrogen (secondary N) is 1. The van der Waals surface area contributed by atoms with Gasteiger partial charge in [-0.25, -0.2) is 0 Å². The predicted molar refractivity (Wildman–Crippen MR) is 69.0 cm³/mol. The molecule has 0 aliphatic heterocycles. The summed E-state index contributed by atoms with van der Waals surface area (Å²) in [7, 11) is 0. The van der Waals surface area contributed by atoms with Gasteiger partial charge in [0.25, 0.3) is 0 Å². The second-order valence-corrected chi connectivity index (χ2v) is 5.85. The Hall–Kier alpha value is -0.120. The van der Waals surface area contributed by atoms with Gasteiger partial charge in [-0.2, -0.15) is 0 Å². The van der Waals surface area contributed by atoms with Crippen molar-refractivity contribution in [2.75, 3.05) is 26.3 Å². The first kappa shape index (κ1) is 13.3. The van der Waals surface area contributed by atoms with E-state index < -0.39 is 0 Å². The van der Waals surface area contributed by atoms with E-state index in [-0.39, 0.29) is 6.10 Å². The van der Waals surface area contributed by atoms with Gasteiger partial charge in [0.15, 0.2) is 0 Å². The summed E-state index contributed by atoms with van der Waals surface area (Å²) < 4.78 is 5.40. The van der Waals surface area contributed by atoms with E-state index in [1.54, 1.807) is 0 Å². The molecule has 1 unspecified atom stereocenters. The summed E-state index contributed by atoms with van der Waals surface area (Å²) in [6.07, 6.45) is 7.56. The van der Waals surface area contributed by atoms with Crippen LogP contribution in [0.2, 0.25) is 0 Å². The summed E-state index contributed by atoms with van der Waals surface area (Å²) in [5.74, 6) is 0.993. The second-order valence-electron chi connectivity index (χ2n) is 5.85. The highest BCUT2D eigenvalue weighted by atomic mass is 16.5. The van der Waals surface area contributed by atoms with Gasteiger partial charge in [-0.1, -0.05) is 13.3 Å². The van der Waals surface area contributed by atoms with Crippen LogP contribution in [0.15, 0.2) is 0 Å². The van der Waals surface area contributed by atoms with E-state index in [2.05, 4.69) is 12.2 Å². The van der Waals surface area contributed by atoms with E-state index >= 15 is 0 Å². The van der Waals surface area contributed by atoms with Crippen molar-refractivity contribution in [2.45, 2.75) is 51.6 Å². The highest BCUT2D eigenvalue weighted by molar-refractivity contribution is 5.05. The number of ether oxygens (including phenoxy) is 1. The third-order valence-electron chi connectivity index (χ3n) is 4.15. The average Bonchev–Trinajstić information content (AvgIpc) is 3.15. The van der Waals surface area contributed by atoms with Crippen LogP contribution in [-0.4, -0.2) is 37.5 Å². The lowest BCUT2D eigenvalue weighted by molar-refractivity contribution is 0.0352. The first-order valence-electron chi connectivity index (χ1n) is 7.23. The fraction of sp³-hybridized carbons (Fsp3) is 1.00. The van der Waals surface area contributed by atoms with E-state index in [4.69, 9.17) is 4.74 Å². The number of rotatable bonds is 10. The molecule has 2 N–H and O–H groups in total. The van der Waals surface area contributed by atoms with Crippen LogP contribution in [0.25, 0.3) is 0 Å². The Morgan fingerprint density at radius 2 is 2.18 bits per heavy atom. The number of aliphatic hydroxyl groups is 1. The Kier molecular flexibility index (Phi) is 4.83. The highest BCUT2D eigenvalue weighted by Crippen LogP contribution is 2.60. The molecule has 0 heterocycles. The standard InChI is InChI=1S/C14H27NO2/c1-2-3-8-17-10-13(16)9-15-11-14(6-7-14)12-4-5-12/h12-13,15-16H,2-11H2,1H3. The summed E-state index contributed by atoms with van der Waals surface area (Å²) in [6.45, 7) is 5.18. The fourth-order valence-electron chi connectivity index (χ4n) is 2.60. The Morgan fingerprint density at radius 1 is 1.41 bits per heavy atom. The number of hydrogen-bond acceptors (Lipinski definition) is 3. The van der Waals surface area contributed by atoms with Gasteiger partial charge in [0.2, 0.25) is 0 Å². The zero-order chi connectivity index (χ0) is 12.1. The molecule has 0 amide bonds. The van der Waals surface area contributed by atoms with Crippen LogP contribution in [0.3, 0.4) is 0 Å². The predicted octanol–water partition coefficient (Wildman–Crippen LogP) is 1.94. The lowest BCUT2D eigenvalue weighted by atomic mass is 10.0. The van der Waals surface area contributed by atoms with E-state index in [9.17, 15) is 5.11 Å². The fourth-order valence-corrected chi connectivity index (χ4v) is 2.60. The van der Waals surface area contributed by atoms with Crippen LogP contribution in [0.4, 0.5) is 0 Å². The number of hydrogen-bond donors (Lipinski definition) is 2. The quantitative estimate of drug-likeness (QED) is 0.574. The SMILES string of the molecule is CCCCOCC(O)CNCC1(C2CC2)CC1. The van der Waals surface area contributed by atoms with E-state index in [0.717, 1.165) is 31.9 Å². The van der Waals surface area contributed by atoms with Crippen molar-refractivity contribution in [3.63, 3.8) is 0 Å². The Balaban J connectivity index is 1.47. The maximum atomic E-state index is 9.73. The number of aliphatic hydroxyl groups excluding tert-OH is 1. The van der Waals surface area contributed by atoms with Gasteiger partial charge >= 0.3 is 0 Å². The van der Waals surface area contributed by atoms with Crippen LogP contribution in [-0.2, 0) is 4.74 Å². The van der Waals surface area contributed by atoms with Gasteiger partial charge in [0.05, 0.1) is 12.7 Å². The molecule has 0 radical (unpaired) electrons. The van der Waals surface area contributed by atoms with Crippen molar-refractivity contribution in [3.8, 4) is 0 Å². The van der Waals surface area contributed by atoms with Gasteiger partial charge in [-0.15, -0.1) is 0 Å². The highest BCUT2D eigenvalue weighted by Gasteiger charge is 2.53. The Morgan fingerprint density at radius 3 is 2.76 bits per heavy atom. The molecule has 0 bridgehead atoms. The molecule has 2 saturated carbocycles. The summed E-state index contributed by atoms with van der Waals surface area (Å²) in [5.41, 5.74) is 0.628. The van der Waals surface area contributed by atoms with Crippen molar-refractivity contribution in [1.82, 2.24) is 5.32 Å². The van der Waals surface area contributed by atoms with Crippen molar-refractivity contribution >= 4 is 0 Å². The molecule has 0 saturated heterocycles. The molecule has 100 valence electrons. The lowest BCUT2D eigenvalue weighted by Crippen LogP contribution is -2.34. The molecule has 2 rings (SSSR count). The molecule has 0 aromatic heterocycles. The maximum absolute atomic E-state index is 9.73. The molecule has 17 heavy (non-hydrogen) atoms. The van der Waals surface area contributed by atoms with Gasteiger partial charge in [0.1, 0.15) is 0 Å². The summed E-state index contributed by atoms with van der Waals surface area (Å²) in [6, 6.07) is 0. The minimum Gasteiger partial charge on any atom is -0.389 e. The van der Waals surface area contributed by atoms with Crippen molar-refractivity contribution in [1.29, 1.82) is 0 Å². The smallest absolute Gasteiger partial charge is 0.0897 e. The van der Waals surface area contributed by atoms with E-state index in [0.29, 0.717) is 18.6 Å². The minimum absolute atomic E-state index is 0.346. The first-order valence-corrected chi connectivity index (χ1v) is 7.23.